The first-order chi connectivity index (χ1) is 12.6. The van der Waals surface area contributed by atoms with Crippen LogP contribution in [0.2, 0.25) is 0 Å². The van der Waals surface area contributed by atoms with Crippen LogP contribution in [0.25, 0.3) is 11.2 Å². The zero-order valence-electron chi connectivity index (χ0n) is 13.9. The minimum absolute atomic E-state index is 0.0483. The van der Waals surface area contributed by atoms with Gasteiger partial charge in [-0.2, -0.15) is 0 Å². The number of nitrogens with one attached hydrogen (secondary N) is 1. The summed E-state index contributed by atoms with van der Waals surface area (Å²) in [5.74, 6) is 0.571. The molecule has 1 saturated heterocycles. The van der Waals surface area contributed by atoms with Gasteiger partial charge in [-0.15, -0.1) is 11.3 Å². The monoisotopic (exact) mass is 377 g/mol. The molecule has 0 spiro atoms. The van der Waals surface area contributed by atoms with Crippen LogP contribution in [-0.2, 0) is 4.74 Å². The summed E-state index contributed by atoms with van der Waals surface area (Å²) in [6, 6.07) is 4.08. The highest BCUT2D eigenvalue weighted by atomic mass is 32.1. The summed E-state index contributed by atoms with van der Waals surface area (Å²) in [7, 11) is 0. The first-order valence-corrected chi connectivity index (χ1v) is 9.08. The number of aromatic nitrogens is 4. The molecule has 4 rings (SSSR count). The molecule has 0 aliphatic carbocycles. The van der Waals surface area contributed by atoms with Gasteiger partial charge in [0.2, 0.25) is 0 Å². The first-order valence-electron chi connectivity index (χ1n) is 8.20. The van der Waals surface area contributed by atoms with Crippen LogP contribution in [0.5, 0.6) is 0 Å². The van der Waals surface area contributed by atoms with E-state index in [1.165, 1.54) is 17.5 Å². The molecule has 5 atom stereocenters. The number of fused-ring (bicyclic) bond motifs is 1. The van der Waals surface area contributed by atoms with Gasteiger partial charge in [-0.25, -0.2) is 15.0 Å². The van der Waals surface area contributed by atoms with Gasteiger partial charge in [0.05, 0.1) is 19.0 Å². The Hall–Kier alpha value is -2.11. The van der Waals surface area contributed by atoms with E-state index in [2.05, 4.69) is 20.3 Å². The van der Waals surface area contributed by atoms with Gasteiger partial charge in [0.15, 0.2) is 23.2 Å². The van der Waals surface area contributed by atoms with E-state index in [0.29, 0.717) is 17.0 Å². The number of hydrogen-bond acceptors (Lipinski definition) is 9. The van der Waals surface area contributed by atoms with Crippen molar-refractivity contribution in [3.05, 3.63) is 35.0 Å². The second kappa shape index (κ2) is 6.89. The molecule has 10 heteroatoms. The van der Waals surface area contributed by atoms with Crippen molar-refractivity contribution in [3.8, 4) is 0 Å². The molecule has 0 radical (unpaired) electrons. The minimum atomic E-state index is -1.19. The second-order valence-electron chi connectivity index (χ2n) is 6.16. The van der Waals surface area contributed by atoms with Gasteiger partial charge in [0, 0.05) is 4.88 Å². The molecular formula is C16H19N5O4S. The number of imidazole rings is 1. The fourth-order valence-corrected chi connectivity index (χ4v) is 3.80. The Labute approximate surface area is 152 Å². The Morgan fingerprint density at radius 1 is 1.31 bits per heavy atom. The summed E-state index contributed by atoms with van der Waals surface area (Å²) >= 11 is 1.65. The van der Waals surface area contributed by atoms with E-state index < -0.39 is 24.5 Å². The summed E-state index contributed by atoms with van der Waals surface area (Å²) in [4.78, 5) is 14.0. The van der Waals surface area contributed by atoms with Crippen LogP contribution < -0.4 is 5.32 Å². The number of hydrogen-bond donors (Lipinski definition) is 4. The lowest BCUT2D eigenvalue weighted by atomic mass is 10.1. The summed E-state index contributed by atoms with van der Waals surface area (Å²) in [6.45, 7) is 1.64. The lowest BCUT2D eigenvalue weighted by Crippen LogP contribution is -2.33. The molecule has 1 aliphatic rings. The Morgan fingerprint density at radius 2 is 2.15 bits per heavy atom. The average molecular weight is 377 g/mol. The maximum atomic E-state index is 10.2. The number of rotatable bonds is 5. The molecule has 1 fully saturated rings. The topological polar surface area (TPSA) is 126 Å². The standard InChI is InChI=1S/C16H19N5O4S/c1-8(10-3-2-4-26-10)20-14-11-15(18-6-17-14)21(7-19-11)16-13(24)12(23)9(5-22)25-16/h2-4,6-9,12-13,16,22-24H,5H2,1H3,(H,17,18,20). The lowest BCUT2D eigenvalue weighted by Gasteiger charge is -2.17. The Balaban J connectivity index is 1.65. The average Bonchev–Trinajstić information content (AvgIpc) is 3.36. The molecule has 4 heterocycles. The van der Waals surface area contributed by atoms with Crippen LogP contribution in [0.3, 0.4) is 0 Å². The maximum Gasteiger partial charge on any atom is 0.167 e. The van der Waals surface area contributed by atoms with Crippen molar-refractivity contribution in [3.63, 3.8) is 0 Å². The van der Waals surface area contributed by atoms with Gasteiger partial charge >= 0.3 is 0 Å². The SMILES string of the molecule is CC(Nc1ncnc2c1ncn2C1OC(CO)C(O)C1O)c1cccs1. The fraction of sp³-hybridized carbons (Fsp3) is 0.438. The fourth-order valence-electron chi connectivity index (χ4n) is 3.07. The molecule has 26 heavy (non-hydrogen) atoms. The van der Waals surface area contributed by atoms with E-state index in [-0.39, 0.29) is 12.6 Å². The molecule has 9 nitrogen and oxygen atoms in total. The molecule has 4 N–H and O–H groups in total. The minimum Gasteiger partial charge on any atom is -0.394 e. The number of aliphatic hydroxyl groups is 3. The smallest absolute Gasteiger partial charge is 0.167 e. The summed E-state index contributed by atoms with van der Waals surface area (Å²) in [5, 5.41) is 34.8. The highest BCUT2D eigenvalue weighted by molar-refractivity contribution is 7.10. The van der Waals surface area contributed by atoms with E-state index in [1.807, 2.05) is 24.4 Å². The lowest BCUT2D eigenvalue weighted by molar-refractivity contribution is -0.0511. The molecule has 138 valence electrons. The molecule has 0 amide bonds. The van der Waals surface area contributed by atoms with Gasteiger partial charge in [-0.05, 0) is 18.4 Å². The number of ether oxygens (including phenoxy) is 1. The van der Waals surface area contributed by atoms with Crippen LogP contribution in [0.15, 0.2) is 30.2 Å². The van der Waals surface area contributed by atoms with Gasteiger partial charge < -0.3 is 25.4 Å². The second-order valence-corrected chi connectivity index (χ2v) is 7.14. The maximum absolute atomic E-state index is 10.2. The molecular weight excluding hydrogens is 358 g/mol. The number of aliphatic hydroxyl groups excluding tert-OH is 3. The molecule has 5 unspecified atom stereocenters. The van der Waals surface area contributed by atoms with Crippen molar-refractivity contribution in [2.45, 2.75) is 37.5 Å². The zero-order valence-corrected chi connectivity index (χ0v) is 14.7. The normalized spacial score (nSPS) is 27.1. The third-order valence-electron chi connectivity index (χ3n) is 4.47. The van der Waals surface area contributed by atoms with Crippen LogP contribution in [0, 0.1) is 0 Å². The van der Waals surface area contributed by atoms with E-state index in [4.69, 9.17) is 4.74 Å². The largest absolute Gasteiger partial charge is 0.394 e. The van der Waals surface area contributed by atoms with Crippen LogP contribution >= 0.6 is 11.3 Å². The van der Waals surface area contributed by atoms with Crippen molar-refractivity contribution in [2.24, 2.45) is 0 Å². The first kappa shape index (κ1) is 17.3. The molecule has 0 saturated carbocycles. The molecule has 3 aromatic rings. The van der Waals surface area contributed by atoms with E-state index in [9.17, 15) is 15.3 Å². The van der Waals surface area contributed by atoms with Crippen molar-refractivity contribution in [1.29, 1.82) is 0 Å². The van der Waals surface area contributed by atoms with E-state index in [1.54, 1.807) is 15.9 Å². The Bertz CT molecular complexity index is 886. The van der Waals surface area contributed by atoms with E-state index in [0.717, 1.165) is 0 Å². The molecule has 0 bridgehead atoms. The Kier molecular flexibility index (Phi) is 4.59. The number of thiophene rings is 1. The number of nitrogens with zero attached hydrogens (tertiary/aromatic N) is 4. The third kappa shape index (κ3) is 2.85. The Morgan fingerprint density at radius 3 is 2.85 bits per heavy atom. The van der Waals surface area contributed by atoms with Crippen LogP contribution in [-0.4, -0.2) is 59.8 Å². The van der Waals surface area contributed by atoms with Crippen molar-refractivity contribution >= 4 is 28.3 Å². The third-order valence-corrected chi connectivity index (χ3v) is 5.53. The molecule has 3 aromatic heterocycles. The molecule has 1 aliphatic heterocycles. The predicted octanol–water partition coefficient (Wildman–Crippen LogP) is 0.672. The summed E-state index contributed by atoms with van der Waals surface area (Å²) in [5.41, 5.74) is 1.00. The summed E-state index contributed by atoms with van der Waals surface area (Å²) < 4.78 is 7.10. The van der Waals surface area contributed by atoms with Gasteiger partial charge in [-0.1, -0.05) is 6.07 Å². The predicted molar refractivity (Wildman–Crippen MR) is 94.7 cm³/mol. The zero-order chi connectivity index (χ0) is 18.3. The van der Waals surface area contributed by atoms with Crippen LogP contribution in [0.4, 0.5) is 5.82 Å². The highest BCUT2D eigenvalue weighted by Crippen LogP contribution is 2.32. The number of anilines is 1. The van der Waals surface area contributed by atoms with Gasteiger partial charge in [0.1, 0.15) is 24.6 Å². The quantitative estimate of drug-likeness (QED) is 0.511. The van der Waals surface area contributed by atoms with Crippen molar-refractivity contribution in [2.75, 3.05) is 11.9 Å². The van der Waals surface area contributed by atoms with Crippen molar-refractivity contribution < 1.29 is 20.1 Å². The van der Waals surface area contributed by atoms with E-state index >= 15 is 0 Å². The highest BCUT2D eigenvalue weighted by Gasteiger charge is 2.44. The summed E-state index contributed by atoms with van der Waals surface area (Å²) in [6.07, 6.45) is -1.22. The molecule has 0 aromatic carbocycles. The van der Waals surface area contributed by atoms with Gasteiger partial charge in [-0.3, -0.25) is 4.57 Å². The van der Waals surface area contributed by atoms with Gasteiger partial charge in [0.25, 0.3) is 0 Å². The van der Waals surface area contributed by atoms with Crippen LogP contribution in [0.1, 0.15) is 24.1 Å². The van der Waals surface area contributed by atoms with Crippen molar-refractivity contribution in [1.82, 2.24) is 19.5 Å².